The van der Waals surface area contributed by atoms with E-state index in [1.54, 1.807) is 0 Å². The minimum atomic E-state index is 0.112. The van der Waals surface area contributed by atoms with Crippen LogP contribution in [-0.4, -0.2) is 43.5 Å². The predicted octanol–water partition coefficient (Wildman–Crippen LogP) is 0.962. The van der Waals surface area contributed by atoms with Crippen molar-refractivity contribution in [2.45, 2.75) is 45.6 Å². The molecule has 0 radical (unpaired) electrons. The summed E-state index contributed by atoms with van der Waals surface area (Å²) in [6.45, 7) is 6.53. The standard InChI is InChI=1S/C12H27N3O/c1-4-6-8-15(3)11(10-13)9-12(16)14-7-5-2/h11H,4-10,13H2,1-3H3,(H,14,16). The largest absolute Gasteiger partial charge is 0.356 e. The minimum Gasteiger partial charge on any atom is -0.356 e. The van der Waals surface area contributed by atoms with Crippen LogP contribution in [0.2, 0.25) is 0 Å². The van der Waals surface area contributed by atoms with E-state index in [1.807, 2.05) is 14.0 Å². The third-order valence-electron chi connectivity index (χ3n) is 2.75. The van der Waals surface area contributed by atoms with Crippen LogP contribution in [0.4, 0.5) is 0 Å². The molecule has 1 amide bonds. The first-order chi connectivity index (χ1) is 7.65. The molecule has 96 valence electrons. The van der Waals surface area contributed by atoms with Gasteiger partial charge in [0.2, 0.25) is 5.91 Å². The molecule has 3 N–H and O–H groups in total. The van der Waals surface area contributed by atoms with Crippen molar-refractivity contribution in [2.24, 2.45) is 5.73 Å². The van der Waals surface area contributed by atoms with Crippen molar-refractivity contribution in [3.05, 3.63) is 0 Å². The van der Waals surface area contributed by atoms with Gasteiger partial charge < -0.3 is 16.0 Å². The Labute approximate surface area is 99.6 Å². The molecule has 16 heavy (non-hydrogen) atoms. The zero-order chi connectivity index (χ0) is 12.4. The maximum absolute atomic E-state index is 11.6. The van der Waals surface area contributed by atoms with Crippen LogP contribution >= 0.6 is 0 Å². The van der Waals surface area contributed by atoms with Gasteiger partial charge in [0.1, 0.15) is 0 Å². The Morgan fingerprint density at radius 1 is 1.38 bits per heavy atom. The summed E-state index contributed by atoms with van der Waals surface area (Å²) in [7, 11) is 2.04. The van der Waals surface area contributed by atoms with E-state index in [1.165, 1.54) is 6.42 Å². The monoisotopic (exact) mass is 229 g/mol. The first kappa shape index (κ1) is 15.4. The van der Waals surface area contributed by atoms with Gasteiger partial charge in [-0.1, -0.05) is 20.3 Å². The van der Waals surface area contributed by atoms with E-state index < -0.39 is 0 Å². The van der Waals surface area contributed by atoms with Crippen LogP contribution in [0.15, 0.2) is 0 Å². The van der Waals surface area contributed by atoms with Crippen LogP contribution in [0.25, 0.3) is 0 Å². The zero-order valence-electron chi connectivity index (χ0n) is 11.0. The van der Waals surface area contributed by atoms with E-state index in [0.29, 0.717) is 13.0 Å². The lowest BCUT2D eigenvalue weighted by Gasteiger charge is -2.26. The number of nitrogens with one attached hydrogen (secondary N) is 1. The fraction of sp³-hybridized carbons (Fsp3) is 0.917. The van der Waals surface area contributed by atoms with E-state index in [4.69, 9.17) is 5.73 Å². The van der Waals surface area contributed by atoms with Crippen LogP contribution in [0.1, 0.15) is 39.5 Å². The molecule has 1 unspecified atom stereocenters. The van der Waals surface area contributed by atoms with Crippen LogP contribution in [-0.2, 0) is 4.79 Å². The van der Waals surface area contributed by atoms with Gasteiger partial charge in [-0.2, -0.15) is 0 Å². The van der Waals surface area contributed by atoms with E-state index in [2.05, 4.69) is 17.1 Å². The number of rotatable bonds is 9. The summed E-state index contributed by atoms with van der Waals surface area (Å²) in [6.07, 6.45) is 3.81. The molecule has 1 atom stereocenters. The molecule has 4 heteroatoms. The Balaban J connectivity index is 3.92. The molecular weight excluding hydrogens is 202 g/mol. The molecule has 0 aromatic heterocycles. The summed E-state index contributed by atoms with van der Waals surface area (Å²) in [5.41, 5.74) is 5.70. The van der Waals surface area contributed by atoms with Crippen LogP contribution in [0.5, 0.6) is 0 Å². The molecule has 0 aliphatic rings. The second-order valence-corrected chi connectivity index (χ2v) is 4.28. The SMILES string of the molecule is CCCCN(C)C(CN)CC(=O)NCCC. The molecule has 0 aliphatic carbocycles. The number of likely N-dealkylation sites (N-methyl/N-ethyl adjacent to an activating group) is 1. The van der Waals surface area contributed by atoms with Gasteiger partial charge in [-0.15, -0.1) is 0 Å². The molecule has 0 aromatic carbocycles. The summed E-state index contributed by atoms with van der Waals surface area (Å²) >= 11 is 0. The minimum absolute atomic E-state index is 0.112. The number of carbonyl (C=O) groups is 1. The van der Waals surface area contributed by atoms with Crippen molar-refractivity contribution >= 4 is 5.91 Å². The fourth-order valence-electron chi connectivity index (χ4n) is 1.56. The van der Waals surface area contributed by atoms with Crippen molar-refractivity contribution in [1.82, 2.24) is 10.2 Å². The summed E-state index contributed by atoms with van der Waals surface area (Å²) < 4.78 is 0. The molecule has 0 saturated heterocycles. The Kier molecular flexibility index (Phi) is 9.24. The maximum atomic E-state index is 11.6. The van der Waals surface area contributed by atoms with Gasteiger partial charge in [-0.25, -0.2) is 0 Å². The predicted molar refractivity (Wildman–Crippen MR) is 68.3 cm³/mol. The number of hydrogen-bond acceptors (Lipinski definition) is 3. The summed E-state index contributed by atoms with van der Waals surface area (Å²) in [5.74, 6) is 0.112. The Morgan fingerprint density at radius 3 is 2.56 bits per heavy atom. The smallest absolute Gasteiger partial charge is 0.221 e. The van der Waals surface area contributed by atoms with Crippen LogP contribution in [0, 0.1) is 0 Å². The van der Waals surface area contributed by atoms with Crippen molar-refractivity contribution in [1.29, 1.82) is 0 Å². The summed E-state index contributed by atoms with van der Waals surface area (Å²) in [5, 5.41) is 2.89. The molecular formula is C12H27N3O. The van der Waals surface area contributed by atoms with Crippen molar-refractivity contribution in [3.8, 4) is 0 Å². The highest BCUT2D eigenvalue weighted by Gasteiger charge is 2.16. The third kappa shape index (κ3) is 6.80. The average Bonchev–Trinajstić information content (AvgIpc) is 2.30. The number of carbonyl (C=O) groups excluding carboxylic acids is 1. The lowest BCUT2D eigenvalue weighted by atomic mass is 10.1. The van der Waals surface area contributed by atoms with E-state index in [0.717, 1.165) is 25.9 Å². The lowest BCUT2D eigenvalue weighted by molar-refractivity contribution is -0.122. The highest BCUT2D eigenvalue weighted by atomic mass is 16.1. The van der Waals surface area contributed by atoms with Gasteiger partial charge in [-0.3, -0.25) is 4.79 Å². The van der Waals surface area contributed by atoms with Crippen molar-refractivity contribution < 1.29 is 4.79 Å². The number of hydrogen-bond donors (Lipinski definition) is 2. The highest BCUT2D eigenvalue weighted by Crippen LogP contribution is 2.02. The van der Waals surface area contributed by atoms with E-state index in [-0.39, 0.29) is 11.9 Å². The van der Waals surface area contributed by atoms with Crippen molar-refractivity contribution in [2.75, 3.05) is 26.7 Å². The quantitative estimate of drug-likeness (QED) is 0.619. The Hall–Kier alpha value is -0.610. The van der Waals surface area contributed by atoms with Gasteiger partial charge >= 0.3 is 0 Å². The van der Waals surface area contributed by atoms with Gasteiger partial charge in [0, 0.05) is 25.6 Å². The molecule has 0 heterocycles. The van der Waals surface area contributed by atoms with Crippen molar-refractivity contribution in [3.63, 3.8) is 0 Å². The number of nitrogens with two attached hydrogens (primary N) is 1. The lowest BCUT2D eigenvalue weighted by Crippen LogP contribution is -2.42. The zero-order valence-corrected chi connectivity index (χ0v) is 11.0. The Bertz CT molecular complexity index is 185. The number of unbranched alkanes of at least 4 members (excludes halogenated alkanes) is 1. The first-order valence-corrected chi connectivity index (χ1v) is 6.32. The summed E-state index contributed by atoms with van der Waals surface area (Å²) in [6, 6.07) is 0.170. The molecule has 4 nitrogen and oxygen atoms in total. The maximum Gasteiger partial charge on any atom is 0.221 e. The Morgan fingerprint density at radius 2 is 2.06 bits per heavy atom. The number of nitrogens with zero attached hydrogens (tertiary/aromatic N) is 1. The first-order valence-electron chi connectivity index (χ1n) is 6.32. The van der Waals surface area contributed by atoms with E-state index in [9.17, 15) is 4.79 Å². The topological polar surface area (TPSA) is 58.4 Å². The molecule has 0 aliphatic heterocycles. The third-order valence-corrected chi connectivity index (χ3v) is 2.75. The van der Waals surface area contributed by atoms with E-state index >= 15 is 0 Å². The van der Waals surface area contributed by atoms with Gasteiger partial charge in [0.05, 0.1) is 0 Å². The highest BCUT2D eigenvalue weighted by molar-refractivity contribution is 5.76. The molecule has 0 fully saturated rings. The van der Waals surface area contributed by atoms with Crippen LogP contribution in [0.3, 0.4) is 0 Å². The number of amides is 1. The average molecular weight is 229 g/mol. The molecule has 0 aromatic rings. The molecule has 0 spiro atoms. The molecule has 0 saturated carbocycles. The molecule has 0 rings (SSSR count). The van der Waals surface area contributed by atoms with Crippen LogP contribution < -0.4 is 11.1 Å². The van der Waals surface area contributed by atoms with Gasteiger partial charge in [-0.05, 0) is 26.4 Å². The second kappa shape index (κ2) is 9.60. The normalized spacial score (nSPS) is 12.8. The van der Waals surface area contributed by atoms with Gasteiger partial charge in [0.25, 0.3) is 0 Å². The fourth-order valence-corrected chi connectivity index (χ4v) is 1.56. The molecule has 0 bridgehead atoms. The summed E-state index contributed by atoms with van der Waals surface area (Å²) in [4.78, 5) is 13.7. The second-order valence-electron chi connectivity index (χ2n) is 4.28. The van der Waals surface area contributed by atoms with Gasteiger partial charge in [0.15, 0.2) is 0 Å².